The topological polar surface area (TPSA) is 117 Å². The van der Waals surface area contributed by atoms with Gasteiger partial charge in [-0.2, -0.15) is 4.31 Å². The van der Waals surface area contributed by atoms with Crippen molar-refractivity contribution in [1.82, 2.24) is 19.8 Å². The van der Waals surface area contributed by atoms with Crippen LogP contribution in [0.25, 0.3) is 0 Å². The van der Waals surface area contributed by atoms with Gasteiger partial charge in [-0.25, -0.2) is 13.2 Å². The first-order valence-corrected chi connectivity index (χ1v) is 14.4. The van der Waals surface area contributed by atoms with E-state index in [2.05, 4.69) is 10.6 Å². The van der Waals surface area contributed by atoms with E-state index in [0.29, 0.717) is 38.3 Å². The number of piperidine rings is 3. The molecule has 0 radical (unpaired) electrons. The number of halogens is 1. The summed E-state index contributed by atoms with van der Waals surface area (Å²) in [4.78, 5) is 26.9. The Balaban J connectivity index is 0.00000432. The predicted octanol–water partition coefficient (Wildman–Crippen LogP) is 1.73. The highest BCUT2D eigenvalue weighted by Crippen LogP contribution is 2.24. The number of nitrogens with zero attached hydrogens (tertiary/aromatic N) is 2. The number of amides is 2. The van der Waals surface area contributed by atoms with E-state index in [1.165, 1.54) is 11.4 Å². The number of methoxy groups -OCH3 is 1. The number of rotatable bonds is 9. The maximum absolute atomic E-state index is 12.9. The molecule has 0 aliphatic carbocycles. The summed E-state index contributed by atoms with van der Waals surface area (Å²) in [6.07, 6.45) is 6.25. The molecule has 12 heteroatoms. The zero-order chi connectivity index (χ0) is 24.6. The number of ether oxygens (including phenoxy) is 2. The van der Waals surface area contributed by atoms with E-state index in [1.54, 1.807) is 4.90 Å². The highest BCUT2D eigenvalue weighted by Gasteiger charge is 2.41. The van der Waals surface area contributed by atoms with Crippen molar-refractivity contribution in [2.75, 3.05) is 52.2 Å². The van der Waals surface area contributed by atoms with Crippen molar-refractivity contribution in [1.29, 1.82) is 0 Å². The van der Waals surface area contributed by atoms with Crippen LogP contribution in [0.2, 0.25) is 0 Å². The molecule has 2 N–H and O–H groups in total. The third-order valence-electron chi connectivity index (χ3n) is 7.21. The minimum absolute atomic E-state index is 0. The van der Waals surface area contributed by atoms with Crippen molar-refractivity contribution >= 4 is 34.4 Å². The Morgan fingerprint density at radius 1 is 1.06 bits per heavy atom. The average molecular weight is 539 g/mol. The molecule has 3 rings (SSSR count). The highest BCUT2D eigenvalue weighted by molar-refractivity contribution is 7.89. The van der Waals surface area contributed by atoms with Crippen LogP contribution in [0.3, 0.4) is 0 Å². The number of esters is 1. The third kappa shape index (κ3) is 8.73. The molecule has 3 saturated heterocycles. The molecule has 3 aliphatic rings. The van der Waals surface area contributed by atoms with Crippen molar-refractivity contribution in [3.05, 3.63) is 0 Å². The van der Waals surface area contributed by atoms with Gasteiger partial charge in [0.15, 0.2) is 0 Å². The fourth-order valence-electron chi connectivity index (χ4n) is 4.99. The molecule has 0 spiro atoms. The molecule has 0 unspecified atom stereocenters. The molecule has 10 nitrogen and oxygen atoms in total. The second kappa shape index (κ2) is 14.6. The van der Waals surface area contributed by atoms with Gasteiger partial charge in [0.2, 0.25) is 10.0 Å². The minimum atomic E-state index is -3.62. The van der Waals surface area contributed by atoms with Crippen molar-refractivity contribution in [3.63, 3.8) is 0 Å². The maximum atomic E-state index is 12.9. The van der Waals surface area contributed by atoms with E-state index in [9.17, 15) is 18.0 Å². The lowest BCUT2D eigenvalue weighted by Gasteiger charge is -2.39. The summed E-state index contributed by atoms with van der Waals surface area (Å²) < 4.78 is 38.0. The standard InChI is InChI=1S/C23H42N4O6S.ClH/c1-3-4-15-34(30,31)27-16-19(5-6-21(27)22(28)32-2)25-23(29)26-13-9-20(10-14-26)33-17-18-7-11-24-12-8-18;/h18-21,24H,3-17H2,1-2H3,(H,25,29);1H/t19-,21-;/m1./s1. The zero-order valence-electron chi connectivity index (χ0n) is 21.1. The van der Waals surface area contributed by atoms with Gasteiger partial charge in [-0.1, -0.05) is 13.3 Å². The number of hydrogen-bond acceptors (Lipinski definition) is 7. The van der Waals surface area contributed by atoms with Gasteiger partial charge < -0.3 is 25.0 Å². The van der Waals surface area contributed by atoms with E-state index in [1.807, 2.05) is 6.92 Å². The molecule has 2 atom stereocenters. The van der Waals surface area contributed by atoms with Crippen LogP contribution in [0.1, 0.15) is 58.3 Å². The summed E-state index contributed by atoms with van der Waals surface area (Å²) >= 11 is 0. The number of urea groups is 1. The van der Waals surface area contributed by atoms with Crippen LogP contribution < -0.4 is 10.6 Å². The molecule has 0 aromatic carbocycles. The molecule has 0 aromatic heterocycles. The summed E-state index contributed by atoms with van der Waals surface area (Å²) in [7, 11) is -2.35. The van der Waals surface area contributed by atoms with Crippen LogP contribution in [0.4, 0.5) is 4.79 Å². The third-order valence-corrected chi connectivity index (χ3v) is 9.13. The van der Waals surface area contributed by atoms with Crippen LogP contribution in [-0.2, 0) is 24.3 Å². The zero-order valence-corrected chi connectivity index (χ0v) is 22.7. The van der Waals surface area contributed by atoms with Gasteiger partial charge >= 0.3 is 12.0 Å². The quantitative estimate of drug-likeness (QED) is 0.429. The molecule has 204 valence electrons. The molecule has 3 aliphatic heterocycles. The Hall–Kier alpha value is -1.14. The first-order chi connectivity index (χ1) is 16.3. The van der Waals surface area contributed by atoms with Gasteiger partial charge in [-0.05, 0) is 64.0 Å². The van der Waals surface area contributed by atoms with Crippen LogP contribution in [0.5, 0.6) is 0 Å². The summed E-state index contributed by atoms with van der Waals surface area (Å²) in [6.45, 7) is 6.18. The van der Waals surface area contributed by atoms with E-state index in [-0.39, 0.29) is 42.9 Å². The number of hydrogen-bond donors (Lipinski definition) is 2. The van der Waals surface area contributed by atoms with Crippen LogP contribution in [0.15, 0.2) is 0 Å². The summed E-state index contributed by atoms with van der Waals surface area (Å²) in [5, 5.41) is 6.37. The smallest absolute Gasteiger partial charge is 0.324 e. The number of nitrogens with one attached hydrogen (secondary N) is 2. The normalized spacial score (nSPS) is 25.0. The van der Waals surface area contributed by atoms with E-state index >= 15 is 0 Å². The number of unbranched alkanes of at least 4 members (excludes halogenated alkanes) is 1. The lowest BCUT2D eigenvalue weighted by atomic mass is 9.99. The Labute approximate surface area is 216 Å². The van der Waals surface area contributed by atoms with Crippen LogP contribution in [0, 0.1) is 5.92 Å². The molecular weight excluding hydrogens is 496 g/mol. The van der Waals surface area contributed by atoms with Crippen molar-refractivity contribution < 1.29 is 27.5 Å². The second-order valence-electron chi connectivity index (χ2n) is 9.72. The molecular formula is C23H43ClN4O6S. The first-order valence-electron chi connectivity index (χ1n) is 12.8. The average Bonchev–Trinajstić information content (AvgIpc) is 2.86. The fraction of sp³-hybridized carbons (Fsp3) is 0.913. The predicted molar refractivity (Wildman–Crippen MR) is 136 cm³/mol. The van der Waals surface area contributed by atoms with Crippen molar-refractivity contribution in [2.45, 2.75) is 76.5 Å². The Bertz CT molecular complexity index is 772. The molecule has 2 amide bonds. The maximum Gasteiger partial charge on any atom is 0.324 e. The summed E-state index contributed by atoms with van der Waals surface area (Å²) in [5.74, 6) is 0.0679. The highest BCUT2D eigenvalue weighted by atomic mass is 35.5. The van der Waals surface area contributed by atoms with E-state index in [0.717, 1.165) is 51.8 Å². The molecule has 0 saturated carbocycles. The SMILES string of the molecule is CCCCS(=O)(=O)N1C[C@H](NC(=O)N2CCC(OCC3CCNCC3)CC2)CC[C@@H]1C(=O)OC.Cl. The molecule has 35 heavy (non-hydrogen) atoms. The first kappa shape index (κ1) is 30.1. The molecule has 3 fully saturated rings. The molecule has 0 aromatic rings. The second-order valence-corrected chi connectivity index (χ2v) is 11.8. The van der Waals surface area contributed by atoms with Crippen molar-refractivity contribution in [3.8, 4) is 0 Å². The monoisotopic (exact) mass is 538 g/mol. The Morgan fingerprint density at radius 3 is 2.37 bits per heavy atom. The lowest BCUT2D eigenvalue weighted by molar-refractivity contribution is -0.146. The van der Waals surface area contributed by atoms with Crippen LogP contribution >= 0.6 is 12.4 Å². The van der Waals surface area contributed by atoms with Gasteiger partial charge in [-0.15, -0.1) is 12.4 Å². The number of likely N-dealkylation sites (tertiary alicyclic amines) is 1. The van der Waals surface area contributed by atoms with Gasteiger partial charge in [-0.3, -0.25) is 4.79 Å². The van der Waals surface area contributed by atoms with Gasteiger partial charge in [0.05, 0.1) is 19.0 Å². The number of sulfonamides is 1. The molecule has 3 heterocycles. The summed E-state index contributed by atoms with van der Waals surface area (Å²) in [6, 6.07) is -1.34. The summed E-state index contributed by atoms with van der Waals surface area (Å²) in [5.41, 5.74) is 0. The lowest BCUT2D eigenvalue weighted by Crippen LogP contribution is -2.58. The van der Waals surface area contributed by atoms with Crippen molar-refractivity contribution in [2.24, 2.45) is 5.92 Å². The van der Waals surface area contributed by atoms with Crippen LogP contribution in [-0.4, -0.2) is 100 Å². The van der Waals surface area contributed by atoms with Gasteiger partial charge in [0.1, 0.15) is 6.04 Å². The van der Waals surface area contributed by atoms with E-state index < -0.39 is 22.0 Å². The number of carbonyl (C=O) groups is 2. The fourth-order valence-corrected chi connectivity index (χ4v) is 6.87. The largest absolute Gasteiger partial charge is 0.468 e. The minimum Gasteiger partial charge on any atom is -0.468 e. The Kier molecular flexibility index (Phi) is 12.5. The van der Waals surface area contributed by atoms with E-state index in [4.69, 9.17) is 9.47 Å². The Morgan fingerprint density at radius 2 is 1.74 bits per heavy atom. The van der Waals surface area contributed by atoms with Gasteiger partial charge in [0, 0.05) is 32.3 Å². The number of carbonyl (C=O) groups excluding carboxylic acids is 2. The molecule has 0 bridgehead atoms. The van der Waals surface area contributed by atoms with Gasteiger partial charge in [0.25, 0.3) is 0 Å².